The van der Waals surface area contributed by atoms with E-state index < -0.39 is 0 Å². The van der Waals surface area contributed by atoms with Gasteiger partial charge in [0.2, 0.25) is 0 Å². The van der Waals surface area contributed by atoms with Crippen LogP contribution in [0.2, 0.25) is 0 Å². The van der Waals surface area contributed by atoms with Crippen LogP contribution < -0.4 is 5.32 Å². The summed E-state index contributed by atoms with van der Waals surface area (Å²) < 4.78 is 0. The minimum absolute atomic E-state index is 0.165. The predicted octanol–water partition coefficient (Wildman–Crippen LogP) is 2.46. The molecule has 2 N–H and O–H groups in total. The largest absolute Gasteiger partial charge is 0.396 e. The van der Waals surface area contributed by atoms with Crippen molar-refractivity contribution in [2.24, 2.45) is 0 Å². The summed E-state index contributed by atoms with van der Waals surface area (Å²) in [5, 5.41) is 21.0. The van der Waals surface area contributed by atoms with Crippen LogP contribution in [0.25, 0.3) is 0 Å². The second-order valence-electron chi connectivity index (χ2n) is 3.23. The SMILES string of the molecule is CCSc1cccc(NCCCO)c1C#N. The van der Waals surface area contributed by atoms with Crippen molar-refractivity contribution in [2.75, 3.05) is 24.2 Å². The van der Waals surface area contributed by atoms with Crippen molar-refractivity contribution in [1.29, 1.82) is 5.26 Å². The smallest absolute Gasteiger partial charge is 0.102 e. The maximum absolute atomic E-state index is 9.13. The fourth-order valence-electron chi connectivity index (χ4n) is 1.37. The fraction of sp³-hybridized carbons (Fsp3) is 0.417. The van der Waals surface area contributed by atoms with E-state index in [2.05, 4.69) is 18.3 Å². The number of thioether (sulfide) groups is 1. The number of nitrogens with zero attached hydrogens (tertiary/aromatic N) is 1. The summed E-state index contributed by atoms with van der Waals surface area (Å²) >= 11 is 1.67. The summed E-state index contributed by atoms with van der Waals surface area (Å²) in [6.45, 7) is 2.92. The van der Waals surface area contributed by atoms with Crippen molar-refractivity contribution in [2.45, 2.75) is 18.2 Å². The average molecular weight is 236 g/mol. The van der Waals surface area contributed by atoms with Crippen LogP contribution in [-0.2, 0) is 0 Å². The second kappa shape index (κ2) is 7.15. The number of hydrogen-bond acceptors (Lipinski definition) is 4. The van der Waals surface area contributed by atoms with Crippen molar-refractivity contribution < 1.29 is 5.11 Å². The molecule has 0 saturated carbocycles. The molecule has 0 heterocycles. The summed E-state index contributed by atoms with van der Waals surface area (Å²) in [6, 6.07) is 8.04. The Morgan fingerprint density at radius 2 is 2.31 bits per heavy atom. The zero-order valence-corrected chi connectivity index (χ0v) is 10.2. The highest BCUT2D eigenvalue weighted by Crippen LogP contribution is 2.27. The van der Waals surface area contributed by atoms with E-state index in [9.17, 15) is 0 Å². The molecule has 0 radical (unpaired) electrons. The van der Waals surface area contributed by atoms with Crippen LogP contribution in [0.15, 0.2) is 23.1 Å². The first-order valence-electron chi connectivity index (χ1n) is 5.34. The van der Waals surface area contributed by atoms with Crippen molar-refractivity contribution in [3.8, 4) is 6.07 Å². The van der Waals surface area contributed by atoms with Crippen molar-refractivity contribution in [1.82, 2.24) is 0 Å². The number of benzene rings is 1. The lowest BCUT2D eigenvalue weighted by atomic mass is 10.2. The molecule has 0 amide bonds. The van der Waals surface area contributed by atoms with E-state index in [0.717, 1.165) is 16.3 Å². The molecule has 1 aromatic carbocycles. The topological polar surface area (TPSA) is 56.0 Å². The molecule has 0 bridgehead atoms. The number of nitriles is 1. The maximum atomic E-state index is 9.13. The lowest BCUT2D eigenvalue weighted by Crippen LogP contribution is -2.05. The van der Waals surface area contributed by atoms with Gasteiger partial charge < -0.3 is 10.4 Å². The van der Waals surface area contributed by atoms with Gasteiger partial charge in [0.05, 0.1) is 11.3 Å². The summed E-state index contributed by atoms with van der Waals surface area (Å²) in [6.07, 6.45) is 0.690. The standard InChI is InChI=1S/C12H16N2OS/c1-2-16-12-6-3-5-11(10(12)9-13)14-7-4-8-15/h3,5-6,14-15H,2,4,7-8H2,1H3. The van der Waals surface area contributed by atoms with E-state index in [4.69, 9.17) is 10.4 Å². The van der Waals surface area contributed by atoms with E-state index in [1.54, 1.807) is 11.8 Å². The van der Waals surface area contributed by atoms with Crippen LogP contribution in [0.3, 0.4) is 0 Å². The fourth-order valence-corrected chi connectivity index (χ4v) is 2.16. The molecular weight excluding hydrogens is 220 g/mol. The number of aliphatic hydroxyl groups excluding tert-OH is 1. The lowest BCUT2D eigenvalue weighted by Gasteiger charge is -2.10. The number of anilines is 1. The second-order valence-corrected chi connectivity index (χ2v) is 4.53. The van der Waals surface area contributed by atoms with Crippen molar-refractivity contribution in [3.63, 3.8) is 0 Å². The molecule has 86 valence electrons. The Morgan fingerprint density at radius 3 is 2.94 bits per heavy atom. The Hall–Kier alpha value is -1.18. The Labute approximate surface area is 100 Å². The molecule has 1 rings (SSSR count). The molecule has 0 atom stereocenters. The Morgan fingerprint density at radius 1 is 1.50 bits per heavy atom. The summed E-state index contributed by atoms with van der Waals surface area (Å²) in [5.74, 6) is 0.953. The van der Waals surface area contributed by atoms with Gasteiger partial charge in [-0.25, -0.2) is 0 Å². The van der Waals surface area contributed by atoms with E-state index in [1.165, 1.54) is 0 Å². The first kappa shape index (κ1) is 12.9. The van der Waals surface area contributed by atoms with Gasteiger partial charge in [0.25, 0.3) is 0 Å². The highest BCUT2D eigenvalue weighted by molar-refractivity contribution is 7.99. The highest BCUT2D eigenvalue weighted by atomic mass is 32.2. The molecule has 16 heavy (non-hydrogen) atoms. The Bertz CT molecular complexity index is 374. The third kappa shape index (κ3) is 3.44. The first-order valence-corrected chi connectivity index (χ1v) is 6.32. The van der Waals surface area contributed by atoms with Gasteiger partial charge in [0.1, 0.15) is 6.07 Å². The Kier molecular flexibility index (Phi) is 5.76. The highest BCUT2D eigenvalue weighted by Gasteiger charge is 2.06. The minimum atomic E-state index is 0.165. The first-order chi connectivity index (χ1) is 7.83. The van der Waals surface area contributed by atoms with Crippen molar-refractivity contribution >= 4 is 17.4 Å². The molecule has 3 nitrogen and oxygen atoms in total. The van der Waals surface area contributed by atoms with Gasteiger partial charge in [-0.3, -0.25) is 0 Å². The number of nitrogens with one attached hydrogen (secondary N) is 1. The predicted molar refractivity (Wildman–Crippen MR) is 67.7 cm³/mol. The summed E-state index contributed by atoms with van der Waals surface area (Å²) in [5.41, 5.74) is 1.56. The summed E-state index contributed by atoms with van der Waals surface area (Å²) in [7, 11) is 0. The van der Waals surface area contributed by atoms with E-state index in [1.807, 2.05) is 18.2 Å². The maximum Gasteiger partial charge on any atom is 0.102 e. The monoisotopic (exact) mass is 236 g/mol. The molecule has 0 aliphatic heterocycles. The zero-order valence-electron chi connectivity index (χ0n) is 9.36. The van der Waals surface area contributed by atoms with E-state index >= 15 is 0 Å². The molecule has 0 aromatic heterocycles. The molecule has 0 aliphatic rings. The molecule has 0 saturated heterocycles. The average Bonchev–Trinajstić information content (AvgIpc) is 2.30. The van der Waals surface area contributed by atoms with Gasteiger partial charge in [0.15, 0.2) is 0 Å². The van der Waals surface area contributed by atoms with Crippen LogP contribution in [0.4, 0.5) is 5.69 Å². The molecule has 1 aromatic rings. The third-order valence-corrected chi connectivity index (χ3v) is 3.03. The van der Waals surface area contributed by atoms with Crippen LogP contribution >= 0.6 is 11.8 Å². The zero-order chi connectivity index (χ0) is 11.8. The quantitative estimate of drug-likeness (QED) is 0.588. The van der Waals surface area contributed by atoms with Gasteiger partial charge in [0, 0.05) is 18.0 Å². The molecular formula is C12H16N2OS. The van der Waals surface area contributed by atoms with Gasteiger partial charge in [-0.15, -0.1) is 11.8 Å². The van der Waals surface area contributed by atoms with E-state index in [0.29, 0.717) is 18.5 Å². The van der Waals surface area contributed by atoms with Crippen LogP contribution in [0.5, 0.6) is 0 Å². The van der Waals surface area contributed by atoms with Gasteiger partial charge >= 0.3 is 0 Å². The molecule has 0 aliphatic carbocycles. The lowest BCUT2D eigenvalue weighted by molar-refractivity contribution is 0.292. The number of aliphatic hydroxyl groups is 1. The number of rotatable bonds is 6. The van der Waals surface area contributed by atoms with Gasteiger partial charge in [-0.2, -0.15) is 5.26 Å². The molecule has 4 heteroatoms. The van der Waals surface area contributed by atoms with E-state index in [-0.39, 0.29) is 6.61 Å². The Balaban J connectivity index is 2.83. The van der Waals surface area contributed by atoms with Crippen LogP contribution in [0.1, 0.15) is 18.9 Å². The van der Waals surface area contributed by atoms with Crippen LogP contribution in [0, 0.1) is 11.3 Å². The van der Waals surface area contributed by atoms with Gasteiger partial charge in [-0.05, 0) is 24.3 Å². The van der Waals surface area contributed by atoms with Crippen molar-refractivity contribution in [3.05, 3.63) is 23.8 Å². The third-order valence-electron chi connectivity index (χ3n) is 2.09. The minimum Gasteiger partial charge on any atom is -0.396 e. The summed E-state index contributed by atoms with van der Waals surface area (Å²) in [4.78, 5) is 1.01. The van der Waals surface area contributed by atoms with Crippen LogP contribution in [-0.4, -0.2) is 24.0 Å². The number of hydrogen-bond donors (Lipinski definition) is 2. The van der Waals surface area contributed by atoms with Gasteiger partial charge in [-0.1, -0.05) is 13.0 Å². The molecule has 0 unspecified atom stereocenters. The normalized spacial score (nSPS) is 9.81. The molecule has 0 fully saturated rings. The molecule has 0 spiro atoms.